The highest BCUT2D eigenvalue weighted by Crippen LogP contribution is 2.34. The second kappa shape index (κ2) is 8.91. The van der Waals surface area contributed by atoms with Crippen LogP contribution < -0.4 is 10.6 Å². The molecule has 3 aliphatic rings. The van der Waals surface area contributed by atoms with Crippen LogP contribution in [0.3, 0.4) is 0 Å². The van der Waals surface area contributed by atoms with Gasteiger partial charge in [-0.3, -0.25) is 5.32 Å². The summed E-state index contributed by atoms with van der Waals surface area (Å²) < 4.78 is 29.2. The van der Waals surface area contributed by atoms with E-state index in [4.69, 9.17) is 4.74 Å². The van der Waals surface area contributed by atoms with Crippen molar-refractivity contribution in [3.63, 3.8) is 0 Å². The molecule has 2 heterocycles. The van der Waals surface area contributed by atoms with Gasteiger partial charge < -0.3 is 10.1 Å². The van der Waals surface area contributed by atoms with E-state index in [2.05, 4.69) is 22.4 Å². The van der Waals surface area contributed by atoms with Gasteiger partial charge in [0.25, 0.3) is 0 Å². The van der Waals surface area contributed by atoms with Crippen LogP contribution in [0.4, 0.5) is 0 Å². The van der Waals surface area contributed by atoms with Crippen LogP contribution in [0.5, 0.6) is 0 Å². The van der Waals surface area contributed by atoms with Gasteiger partial charge in [-0.05, 0) is 56.6 Å². The van der Waals surface area contributed by atoms with Gasteiger partial charge in [-0.15, -0.1) is 0 Å². The van der Waals surface area contributed by atoms with Gasteiger partial charge in [0.15, 0.2) is 0 Å². The summed E-state index contributed by atoms with van der Waals surface area (Å²) in [7, 11) is -1.10. The van der Waals surface area contributed by atoms with Gasteiger partial charge in [-0.25, -0.2) is 8.42 Å². The molecular formula is C18H34N2O3S2. The molecule has 0 amide bonds. The van der Waals surface area contributed by atoms with E-state index in [-0.39, 0.29) is 11.5 Å². The van der Waals surface area contributed by atoms with E-state index < -0.39 is 9.84 Å². The Hall–Kier alpha value is 0.180. The molecule has 2 saturated heterocycles. The van der Waals surface area contributed by atoms with Gasteiger partial charge in [0, 0.05) is 43.7 Å². The molecule has 0 spiro atoms. The van der Waals surface area contributed by atoms with Crippen molar-refractivity contribution in [3.8, 4) is 0 Å². The number of rotatable bonds is 6. The first-order valence-corrected chi connectivity index (χ1v) is 12.8. The molecule has 1 saturated carbocycles. The van der Waals surface area contributed by atoms with E-state index in [1.54, 1.807) is 7.11 Å². The highest BCUT2D eigenvalue weighted by Gasteiger charge is 2.36. The fraction of sp³-hybridized carbons (Fsp3) is 1.00. The predicted molar refractivity (Wildman–Crippen MR) is 105 cm³/mol. The van der Waals surface area contributed by atoms with Crippen molar-refractivity contribution in [1.82, 2.24) is 10.6 Å². The highest BCUT2D eigenvalue weighted by atomic mass is 32.2. The summed E-state index contributed by atoms with van der Waals surface area (Å²) in [5, 5.41) is 8.11. The number of sulfone groups is 1. The maximum atomic E-state index is 11.8. The molecule has 2 N–H and O–H groups in total. The maximum Gasteiger partial charge on any atom is 0.150 e. The summed E-state index contributed by atoms with van der Waals surface area (Å²) in [5.41, 5.74) is 0. The SMILES string of the molecule is COC1CC(NCC2CCCS2)CC(C2CCC(S(C)(=O)=O)CC2)N1. The van der Waals surface area contributed by atoms with E-state index in [0.717, 1.165) is 50.3 Å². The minimum Gasteiger partial charge on any atom is -0.367 e. The third-order valence-corrected chi connectivity index (χ3v) is 9.35. The van der Waals surface area contributed by atoms with Crippen LogP contribution in [0.15, 0.2) is 0 Å². The molecule has 0 bridgehead atoms. The van der Waals surface area contributed by atoms with Crippen molar-refractivity contribution < 1.29 is 13.2 Å². The number of hydrogen-bond donors (Lipinski definition) is 2. The number of hydrogen-bond acceptors (Lipinski definition) is 6. The Morgan fingerprint density at radius 1 is 1.16 bits per heavy atom. The second-order valence-electron chi connectivity index (χ2n) is 8.08. The zero-order chi connectivity index (χ0) is 17.9. The minimum absolute atomic E-state index is 0.111. The smallest absolute Gasteiger partial charge is 0.150 e. The number of nitrogens with one attached hydrogen (secondary N) is 2. The summed E-state index contributed by atoms with van der Waals surface area (Å²) in [6.45, 7) is 1.11. The minimum atomic E-state index is -2.88. The number of piperidine rings is 1. The second-order valence-corrected chi connectivity index (χ2v) is 11.8. The first-order chi connectivity index (χ1) is 12.0. The van der Waals surface area contributed by atoms with Gasteiger partial charge in [-0.1, -0.05) is 0 Å². The largest absolute Gasteiger partial charge is 0.367 e. The Labute approximate surface area is 157 Å². The lowest BCUT2D eigenvalue weighted by Crippen LogP contribution is -2.55. The zero-order valence-corrected chi connectivity index (χ0v) is 17.2. The Morgan fingerprint density at radius 3 is 2.52 bits per heavy atom. The monoisotopic (exact) mass is 390 g/mol. The highest BCUT2D eigenvalue weighted by molar-refractivity contribution is 8.00. The lowest BCUT2D eigenvalue weighted by molar-refractivity contribution is 0.00993. The Kier molecular flexibility index (Phi) is 7.10. The molecular weight excluding hydrogens is 356 g/mol. The van der Waals surface area contributed by atoms with Gasteiger partial charge in [-0.2, -0.15) is 11.8 Å². The number of methoxy groups -OCH3 is 1. The molecule has 2 aliphatic heterocycles. The molecule has 3 rings (SSSR count). The third-order valence-electron chi connectivity index (χ3n) is 6.27. The lowest BCUT2D eigenvalue weighted by atomic mass is 9.79. The van der Waals surface area contributed by atoms with Crippen molar-refractivity contribution in [2.75, 3.05) is 25.7 Å². The summed E-state index contributed by atoms with van der Waals surface area (Å²) in [6, 6.07) is 0.943. The maximum absolute atomic E-state index is 11.8. The number of thioether (sulfide) groups is 1. The van der Waals surface area contributed by atoms with Crippen LogP contribution >= 0.6 is 11.8 Å². The van der Waals surface area contributed by atoms with Crippen LogP contribution in [0.1, 0.15) is 51.4 Å². The summed E-state index contributed by atoms with van der Waals surface area (Å²) >= 11 is 2.10. The standard InChI is InChI=1S/C18H34N2O3S2/c1-23-18-11-14(19-12-15-4-3-9-24-15)10-17(20-18)13-5-7-16(8-6-13)25(2,21)22/h13-20H,3-12H2,1-2H3. The van der Waals surface area contributed by atoms with E-state index in [1.165, 1.54) is 24.9 Å². The predicted octanol–water partition coefficient (Wildman–Crippen LogP) is 2.17. The zero-order valence-electron chi connectivity index (χ0n) is 15.6. The van der Waals surface area contributed by atoms with Crippen LogP contribution in [-0.4, -0.2) is 62.9 Å². The molecule has 0 aromatic carbocycles. The molecule has 0 aromatic heterocycles. The summed E-state index contributed by atoms with van der Waals surface area (Å²) in [6.07, 6.45) is 10.00. The average molecular weight is 391 g/mol. The fourth-order valence-corrected chi connectivity index (χ4v) is 7.06. The summed E-state index contributed by atoms with van der Waals surface area (Å²) in [5.74, 6) is 1.88. The molecule has 0 radical (unpaired) electrons. The topological polar surface area (TPSA) is 67.4 Å². The van der Waals surface area contributed by atoms with Crippen molar-refractivity contribution in [3.05, 3.63) is 0 Å². The fourth-order valence-electron chi connectivity index (χ4n) is 4.72. The number of ether oxygens (including phenoxy) is 1. The van der Waals surface area contributed by atoms with Crippen LogP contribution in [0, 0.1) is 5.92 Å². The van der Waals surface area contributed by atoms with E-state index >= 15 is 0 Å². The van der Waals surface area contributed by atoms with Crippen molar-refractivity contribution >= 4 is 21.6 Å². The third kappa shape index (κ3) is 5.58. The Balaban J connectivity index is 1.51. The van der Waals surface area contributed by atoms with Crippen LogP contribution in [0.2, 0.25) is 0 Å². The summed E-state index contributed by atoms with van der Waals surface area (Å²) in [4.78, 5) is 0. The van der Waals surface area contributed by atoms with Crippen molar-refractivity contribution in [2.24, 2.45) is 5.92 Å². The molecule has 0 aromatic rings. The van der Waals surface area contributed by atoms with E-state index in [1.807, 2.05) is 0 Å². The quantitative estimate of drug-likeness (QED) is 0.724. The van der Waals surface area contributed by atoms with Gasteiger partial charge >= 0.3 is 0 Å². The molecule has 3 fully saturated rings. The Bertz CT molecular complexity index is 514. The van der Waals surface area contributed by atoms with Gasteiger partial charge in [0.05, 0.1) is 5.25 Å². The first kappa shape index (κ1) is 19.9. The normalized spacial score (nSPS) is 40.2. The van der Waals surface area contributed by atoms with Crippen molar-refractivity contribution in [1.29, 1.82) is 0 Å². The van der Waals surface area contributed by atoms with E-state index in [9.17, 15) is 8.42 Å². The van der Waals surface area contributed by atoms with Crippen LogP contribution in [0.25, 0.3) is 0 Å². The van der Waals surface area contributed by atoms with Crippen molar-refractivity contribution in [2.45, 2.75) is 80.2 Å². The molecule has 7 heteroatoms. The molecule has 4 unspecified atom stereocenters. The molecule has 25 heavy (non-hydrogen) atoms. The average Bonchev–Trinajstić information content (AvgIpc) is 3.12. The van der Waals surface area contributed by atoms with Gasteiger partial charge in [0.2, 0.25) is 0 Å². The molecule has 5 nitrogen and oxygen atoms in total. The molecule has 4 atom stereocenters. The lowest BCUT2D eigenvalue weighted by Gasteiger charge is -2.42. The van der Waals surface area contributed by atoms with E-state index in [0.29, 0.717) is 18.0 Å². The molecule has 1 aliphatic carbocycles. The first-order valence-electron chi connectivity index (χ1n) is 9.78. The Morgan fingerprint density at radius 2 is 1.92 bits per heavy atom. The van der Waals surface area contributed by atoms with Crippen LogP contribution in [-0.2, 0) is 14.6 Å². The van der Waals surface area contributed by atoms with Gasteiger partial charge in [0.1, 0.15) is 16.1 Å². The molecule has 146 valence electrons.